The maximum absolute atomic E-state index is 12.7. The third-order valence-corrected chi connectivity index (χ3v) is 9.87. The Kier molecular flexibility index (Phi) is 26.7. The number of aliphatic carboxylic acids is 4. The summed E-state index contributed by atoms with van der Waals surface area (Å²) in [6.45, 7) is 0. The number of hydrogen-bond donors (Lipinski definition) is 10. The van der Waals surface area contributed by atoms with Gasteiger partial charge in [-0.2, -0.15) is 0 Å². The van der Waals surface area contributed by atoms with Crippen molar-refractivity contribution in [3.63, 3.8) is 0 Å². The van der Waals surface area contributed by atoms with Gasteiger partial charge in [-0.3, -0.25) is 28.8 Å². The zero-order valence-electron chi connectivity index (χ0n) is 33.8. The van der Waals surface area contributed by atoms with Crippen LogP contribution in [0.2, 0.25) is 0 Å². The largest absolute Gasteiger partial charge is 0.481 e. The van der Waals surface area contributed by atoms with Crippen LogP contribution in [0.3, 0.4) is 0 Å². The van der Waals surface area contributed by atoms with Gasteiger partial charge in [0.05, 0.1) is 6.04 Å². The molecule has 0 aromatic heterocycles. The molecule has 0 aromatic rings. The summed E-state index contributed by atoms with van der Waals surface area (Å²) >= 11 is 0. The lowest BCUT2D eigenvalue weighted by Crippen LogP contribution is -2.45. The molecule has 1 rings (SSSR count). The Morgan fingerprint density at radius 2 is 0.746 bits per heavy atom. The highest BCUT2D eigenvalue weighted by molar-refractivity contribution is 5.87. The fourth-order valence-electron chi connectivity index (χ4n) is 6.39. The fourth-order valence-corrected chi connectivity index (χ4v) is 6.39. The molecule has 5 amide bonds. The van der Waals surface area contributed by atoms with Crippen LogP contribution in [0.1, 0.15) is 154 Å². The number of amides is 5. The summed E-state index contributed by atoms with van der Waals surface area (Å²) in [5, 5.41) is 56.2. The number of carboxylic acid groups (broad SMARTS) is 4. The van der Waals surface area contributed by atoms with Crippen molar-refractivity contribution in [2.75, 3.05) is 0 Å². The minimum Gasteiger partial charge on any atom is -0.481 e. The average Bonchev–Trinajstić information content (AvgIpc) is 3.90. The monoisotopic (exact) mass is 843 g/mol. The second-order valence-corrected chi connectivity index (χ2v) is 15.0. The van der Waals surface area contributed by atoms with E-state index >= 15 is 0 Å². The first-order valence-corrected chi connectivity index (χ1v) is 20.7. The van der Waals surface area contributed by atoms with Crippen LogP contribution >= 0.6 is 0 Å². The molecule has 20 heteroatoms. The first-order chi connectivity index (χ1) is 28.0. The summed E-state index contributed by atoms with van der Waals surface area (Å²) < 4.78 is 5.11. The second kappa shape index (κ2) is 30.2. The van der Waals surface area contributed by atoms with Crippen molar-refractivity contribution in [3.05, 3.63) is 0 Å². The zero-order chi connectivity index (χ0) is 44.2. The second-order valence-electron chi connectivity index (χ2n) is 15.0. The number of aliphatic hydroxyl groups excluding tert-OH is 1. The van der Waals surface area contributed by atoms with E-state index in [-0.39, 0.29) is 44.4 Å². The van der Waals surface area contributed by atoms with Gasteiger partial charge in [0, 0.05) is 38.5 Å². The van der Waals surface area contributed by atoms with Crippen LogP contribution in [0.5, 0.6) is 0 Å². The molecule has 1 heterocycles. The first kappa shape index (κ1) is 52.2. The first-order valence-electron chi connectivity index (χ1n) is 20.7. The van der Waals surface area contributed by atoms with Crippen LogP contribution in [-0.4, -0.2) is 116 Å². The number of carbonyl (C=O) groups is 9. The van der Waals surface area contributed by atoms with E-state index in [1.165, 1.54) is 32.1 Å². The maximum Gasteiger partial charge on any atom is 0.326 e. The molecular formula is C39H65N5O15. The Bertz CT molecular complexity index is 1380. The van der Waals surface area contributed by atoms with Crippen LogP contribution in [-0.2, 0) is 47.9 Å². The van der Waals surface area contributed by atoms with Gasteiger partial charge >= 0.3 is 23.9 Å². The standard InChI is InChI=1S/C39H65N5O15/c40-29(45)21-17-26(36(52)53)42-32(48)23-19-28(38(56)57)44-33(49)24-20-27(37(54)55)43-31(47)22-18-25(35-39(58)59-35)41-30(46)15-13-11-9-7-5-3-1-2-4-6-8-10-12-14-16-34(50)51/h25-28,35,39,58H,1-24H2,(H2,40,45)(H,41,46)(H,42,48)(H,43,47)(H,44,49)(H,50,51)(H,52,53)(H,54,55)(H,56,57)/t25-,26-,27-,28-,35?,39?/m0/s1. The summed E-state index contributed by atoms with van der Waals surface area (Å²) in [6, 6.07) is -5.24. The van der Waals surface area contributed by atoms with E-state index in [4.69, 9.17) is 15.6 Å². The minimum absolute atomic E-state index is 0.0329. The topological polar surface area (TPSA) is 341 Å². The number of carbonyl (C=O) groups excluding carboxylic acids is 5. The maximum atomic E-state index is 12.7. The Morgan fingerprint density at radius 3 is 1.07 bits per heavy atom. The molecule has 59 heavy (non-hydrogen) atoms. The van der Waals surface area contributed by atoms with Gasteiger partial charge in [0.15, 0.2) is 6.29 Å². The molecule has 1 fully saturated rings. The predicted octanol–water partition coefficient (Wildman–Crippen LogP) is 1.83. The van der Waals surface area contributed by atoms with Gasteiger partial charge in [-0.25, -0.2) is 14.4 Å². The van der Waals surface area contributed by atoms with Gasteiger partial charge in [0.25, 0.3) is 0 Å². The SMILES string of the molecule is NC(=O)CC[C@H](NC(=O)CC[C@H](NC(=O)CC[C@H](NC(=O)CC[C@H](NC(=O)CCCCCCCCCCCCCCCCC(=O)O)C1OC1O)C(=O)O)C(=O)O)C(=O)O. The number of ether oxygens (including phenoxy) is 1. The van der Waals surface area contributed by atoms with Crippen molar-refractivity contribution in [1.82, 2.24) is 21.3 Å². The normalized spacial score (nSPS) is 16.4. The van der Waals surface area contributed by atoms with Gasteiger partial charge in [0.2, 0.25) is 29.5 Å². The van der Waals surface area contributed by atoms with Gasteiger partial charge in [-0.1, -0.05) is 77.0 Å². The van der Waals surface area contributed by atoms with E-state index < -0.39 is 110 Å². The third kappa shape index (κ3) is 26.7. The molecule has 1 aliphatic rings. The molecular weight excluding hydrogens is 778 g/mol. The smallest absolute Gasteiger partial charge is 0.326 e. The van der Waals surface area contributed by atoms with Gasteiger partial charge in [-0.15, -0.1) is 0 Å². The summed E-state index contributed by atoms with van der Waals surface area (Å²) in [5.41, 5.74) is 5.00. The lowest BCUT2D eigenvalue weighted by atomic mass is 10.0. The van der Waals surface area contributed by atoms with Crippen molar-refractivity contribution in [2.45, 2.75) is 191 Å². The number of hydrogen-bond acceptors (Lipinski definition) is 11. The van der Waals surface area contributed by atoms with Crippen LogP contribution < -0.4 is 27.0 Å². The summed E-state index contributed by atoms with van der Waals surface area (Å²) in [5.74, 6) is -8.60. The van der Waals surface area contributed by atoms with E-state index in [0.717, 1.165) is 51.4 Å². The Morgan fingerprint density at radius 1 is 0.441 bits per heavy atom. The zero-order valence-corrected chi connectivity index (χ0v) is 33.8. The predicted molar refractivity (Wildman–Crippen MR) is 209 cm³/mol. The van der Waals surface area contributed by atoms with Gasteiger partial charge in [0.1, 0.15) is 24.2 Å². The number of carboxylic acids is 4. The Labute approximate surface area is 344 Å². The van der Waals surface area contributed by atoms with Crippen LogP contribution in [0.25, 0.3) is 0 Å². The molecule has 11 N–H and O–H groups in total. The van der Waals surface area contributed by atoms with Crippen molar-refractivity contribution >= 4 is 53.4 Å². The summed E-state index contributed by atoms with van der Waals surface area (Å²) in [7, 11) is 0. The summed E-state index contributed by atoms with van der Waals surface area (Å²) in [4.78, 5) is 106. The number of nitrogens with one attached hydrogen (secondary N) is 4. The molecule has 2 unspecified atom stereocenters. The molecule has 0 spiro atoms. The number of epoxide rings is 1. The van der Waals surface area contributed by atoms with E-state index in [2.05, 4.69) is 21.3 Å². The molecule has 0 saturated carbocycles. The van der Waals surface area contributed by atoms with E-state index in [9.17, 15) is 63.6 Å². The Hall–Kier alpha value is -4.85. The van der Waals surface area contributed by atoms with Crippen molar-refractivity contribution in [1.29, 1.82) is 0 Å². The minimum atomic E-state index is -1.58. The van der Waals surface area contributed by atoms with E-state index in [1.54, 1.807) is 0 Å². The molecule has 1 aliphatic heterocycles. The molecule has 0 aliphatic carbocycles. The summed E-state index contributed by atoms with van der Waals surface area (Å²) in [6.07, 6.45) is 10.7. The van der Waals surface area contributed by atoms with E-state index in [0.29, 0.717) is 6.42 Å². The number of nitrogens with two attached hydrogens (primary N) is 1. The van der Waals surface area contributed by atoms with Crippen molar-refractivity contribution < 1.29 is 73.4 Å². The van der Waals surface area contributed by atoms with Crippen LogP contribution in [0.4, 0.5) is 0 Å². The Balaban J connectivity index is 2.36. The molecule has 20 nitrogen and oxygen atoms in total. The van der Waals surface area contributed by atoms with E-state index in [1.807, 2.05) is 0 Å². The van der Waals surface area contributed by atoms with Crippen molar-refractivity contribution in [2.24, 2.45) is 5.73 Å². The van der Waals surface area contributed by atoms with Gasteiger partial charge in [-0.05, 0) is 38.5 Å². The highest BCUT2D eigenvalue weighted by atomic mass is 16.7. The number of primary amides is 1. The number of unbranched alkanes of at least 4 members (excludes halogenated alkanes) is 13. The molecule has 0 radical (unpaired) electrons. The molecule has 6 atom stereocenters. The average molecular weight is 844 g/mol. The van der Waals surface area contributed by atoms with Gasteiger partial charge < -0.3 is 57.3 Å². The quantitative estimate of drug-likeness (QED) is 0.0315. The number of rotatable bonds is 37. The highest BCUT2D eigenvalue weighted by Gasteiger charge is 2.44. The third-order valence-electron chi connectivity index (χ3n) is 9.87. The lowest BCUT2D eigenvalue weighted by molar-refractivity contribution is -0.144. The highest BCUT2D eigenvalue weighted by Crippen LogP contribution is 2.25. The molecule has 0 bridgehead atoms. The molecule has 1 saturated heterocycles. The number of aliphatic hydroxyl groups is 1. The molecule has 0 aromatic carbocycles. The molecule has 336 valence electrons. The fraction of sp³-hybridized carbons (Fsp3) is 0.769. The van der Waals surface area contributed by atoms with Crippen LogP contribution in [0, 0.1) is 0 Å². The lowest BCUT2D eigenvalue weighted by Gasteiger charge is -2.19. The van der Waals surface area contributed by atoms with Crippen LogP contribution in [0.15, 0.2) is 0 Å². The van der Waals surface area contributed by atoms with Crippen molar-refractivity contribution in [3.8, 4) is 0 Å².